The molecule has 1 N–H and O–H groups in total. The van der Waals surface area contributed by atoms with Crippen LogP contribution in [-0.2, 0) is 0 Å². The Morgan fingerprint density at radius 2 is 1.88 bits per heavy atom. The first-order valence-electron chi connectivity index (χ1n) is 8.08. The van der Waals surface area contributed by atoms with Gasteiger partial charge in [-0.3, -0.25) is 4.90 Å². The minimum atomic E-state index is -0.587. The molecule has 2 aliphatic heterocycles. The van der Waals surface area contributed by atoms with Crippen molar-refractivity contribution in [3.8, 4) is 11.5 Å². The molecule has 0 amide bonds. The molecule has 0 spiro atoms. The highest BCUT2D eigenvalue weighted by Gasteiger charge is 2.54. The summed E-state index contributed by atoms with van der Waals surface area (Å²) in [6, 6.07) is 16.2. The monoisotopic (exact) mass is 340 g/mol. The first-order valence-corrected chi connectivity index (χ1v) is 8.49. The summed E-state index contributed by atoms with van der Waals surface area (Å²) in [5, 5.41) is 4.15. The van der Waals surface area contributed by atoms with Crippen LogP contribution in [-0.4, -0.2) is 17.9 Å². The first kappa shape index (κ1) is 15.3. The Hall–Kier alpha value is -2.27. The van der Waals surface area contributed by atoms with Crippen LogP contribution in [0.1, 0.15) is 25.5 Å². The maximum Gasteiger partial charge on any atom is 0.191 e. The summed E-state index contributed by atoms with van der Waals surface area (Å²) < 4.78 is 12.0. The lowest BCUT2D eigenvalue weighted by atomic mass is 9.80. The lowest BCUT2D eigenvalue weighted by Gasteiger charge is -2.56. The minimum Gasteiger partial charge on any atom is -0.495 e. The largest absolute Gasteiger partial charge is 0.495 e. The normalized spacial score (nSPS) is 27.8. The van der Waals surface area contributed by atoms with Gasteiger partial charge in [-0.2, -0.15) is 0 Å². The fourth-order valence-corrected chi connectivity index (χ4v) is 4.15. The summed E-state index contributed by atoms with van der Waals surface area (Å²) in [6.45, 7) is 4.29. The molecule has 4 rings (SSSR count). The average molecular weight is 340 g/mol. The molecule has 5 heteroatoms. The summed E-state index contributed by atoms with van der Waals surface area (Å²) in [7, 11) is 1.67. The van der Waals surface area contributed by atoms with E-state index in [4.69, 9.17) is 21.7 Å². The number of rotatable bonds is 2. The van der Waals surface area contributed by atoms with Crippen molar-refractivity contribution in [3.05, 3.63) is 54.1 Å². The topological polar surface area (TPSA) is 33.7 Å². The van der Waals surface area contributed by atoms with Gasteiger partial charge in [-0.25, -0.2) is 0 Å². The highest BCUT2D eigenvalue weighted by Crippen LogP contribution is 2.50. The molecule has 124 valence electrons. The maximum absolute atomic E-state index is 6.48. The Bertz CT molecular complexity index is 809. The van der Waals surface area contributed by atoms with Crippen molar-refractivity contribution in [2.45, 2.75) is 25.6 Å². The summed E-state index contributed by atoms with van der Waals surface area (Å²) in [5.41, 5.74) is 1.48. The Morgan fingerprint density at radius 1 is 1.17 bits per heavy atom. The minimum absolute atomic E-state index is 0.137. The summed E-state index contributed by atoms with van der Waals surface area (Å²) in [4.78, 5) is 2.04. The van der Waals surface area contributed by atoms with Gasteiger partial charge in [0, 0.05) is 11.5 Å². The molecule has 3 atom stereocenters. The lowest BCUT2D eigenvalue weighted by Crippen LogP contribution is -2.69. The third-order valence-corrected chi connectivity index (χ3v) is 5.47. The Kier molecular flexibility index (Phi) is 3.42. The molecule has 0 saturated carbocycles. The molecule has 2 bridgehead atoms. The second-order valence-electron chi connectivity index (χ2n) is 6.42. The zero-order valence-electron chi connectivity index (χ0n) is 13.9. The van der Waals surface area contributed by atoms with Crippen molar-refractivity contribution >= 4 is 23.0 Å². The Labute approximate surface area is 147 Å². The number of thiocarbonyl (C=S) groups is 1. The molecule has 4 nitrogen and oxygen atoms in total. The van der Waals surface area contributed by atoms with Crippen LogP contribution < -0.4 is 19.7 Å². The van der Waals surface area contributed by atoms with E-state index in [0.717, 1.165) is 22.7 Å². The van der Waals surface area contributed by atoms with Crippen LogP contribution in [0.5, 0.6) is 11.5 Å². The van der Waals surface area contributed by atoms with Gasteiger partial charge in [0.05, 0.1) is 18.8 Å². The standard InChI is InChI=1S/C19H20N2O2S/c1-12-17-13-8-4-6-10-15(13)23-19(12,2)21(18(24)20-17)14-9-5-7-11-16(14)22-3/h4-12,17H,1-3H3,(H,20,24)/t12-,17+,19-/m1/s1. The number of benzene rings is 2. The number of hydrogen-bond donors (Lipinski definition) is 1. The number of nitrogens with zero attached hydrogens (tertiary/aromatic N) is 1. The highest BCUT2D eigenvalue weighted by atomic mass is 32.1. The summed E-state index contributed by atoms with van der Waals surface area (Å²) >= 11 is 5.70. The van der Waals surface area contributed by atoms with E-state index in [1.54, 1.807) is 7.11 Å². The predicted molar refractivity (Wildman–Crippen MR) is 98.6 cm³/mol. The van der Waals surface area contributed by atoms with Crippen molar-refractivity contribution in [2.75, 3.05) is 12.0 Å². The van der Waals surface area contributed by atoms with E-state index in [-0.39, 0.29) is 12.0 Å². The quantitative estimate of drug-likeness (QED) is 0.839. The molecule has 2 aromatic carbocycles. The van der Waals surface area contributed by atoms with E-state index in [2.05, 4.69) is 25.2 Å². The molecule has 0 aliphatic carbocycles. The fourth-order valence-electron chi connectivity index (χ4n) is 3.74. The van der Waals surface area contributed by atoms with Gasteiger partial charge >= 0.3 is 0 Å². The third kappa shape index (κ3) is 2.01. The van der Waals surface area contributed by atoms with Crippen molar-refractivity contribution in [1.29, 1.82) is 0 Å². The molecule has 2 aromatic rings. The van der Waals surface area contributed by atoms with E-state index in [1.165, 1.54) is 0 Å². The van der Waals surface area contributed by atoms with E-state index in [9.17, 15) is 0 Å². The highest BCUT2D eigenvalue weighted by molar-refractivity contribution is 7.80. The average Bonchev–Trinajstić information content (AvgIpc) is 2.58. The van der Waals surface area contributed by atoms with Gasteiger partial charge in [0.1, 0.15) is 11.5 Å². The number of para-hydroxylation sites is 3. The van der Waals surface area contributed by atoms with Crippen LogP contribution in [0.2, 0.25) is 0 Å². The lowest BCUT2D eigenvalue weighted by molar-refractivity contribution is -0.00342. The summed E-state index contributed by atoms with van der Waals surface area (Å²) in [6.07, 6.45) is 0. The van der Waals surface area contributed by atoms with Crippen LogP contribution >= 0.6 is 12.2 Å². The fraction of sp³-hybridized carbons (Fsp3) is 0.316. The molecular weight excluding hydrogens is 320 g/mol. The van der Waals surface area contributed by atoms with E-state index >= 15 is 0 Å². The smallest absolute Gasteiger partial charge is 0.191 e. The molecule has 2 heterocycles. The molecule has 0 radical (unpaired) electrons. The molecular formula is C19H20N2O2S. The second kappa shape index (κ2) is 5.38. The Morgan fingerprint density at radius 3 is 2.67 bits per heavy atom. The molecule has 0 aromatic heterocycles. The van der Waals surface area contributed by atoms with Crippen LogP contribution in [0.3, 0.4) is 0 Å². The van der Waals surface area contributed by atoms with E-state index in [1.807, 2.05) is 47.4 Å². The number of methoxy groups -OCH3 is 1. The number of anilines is 1. The number of ether oxygens (including phenoxy) is 2. The zero-order valence-corrected chi connectivity index (χ0v) is 14.8. The molecule has 0 unspecified atom stereocenters. The van der Waals surface area contributed by atoms with Crippen molar-refractivity contribution in [2.24, 2.45) is 5.92 Å². The van der Waals surface area contributed by atoms with Gasteiger partial charge in [-0.05, 0) is 37.3 Å². The van der Waals surface area contributed by atoms with Crippen LogP contribution in [0, 0.1) is 5.92 Å². The van der Waals surface area contributed by atoms with Crippen LogP contribution in [0.25, 0.3) is 0 Å². The van der Waals surface area contributed by atoms with Gasteiger partial charge in [0.25, 0.3) is 0 Å². The molecule has 2 aliphatic rings. The first-order chi connectivity index (χ1) is 11.6. The number of fused-ring (bicyclic) bond motifs is 4. The molecule has 1 fully saturated rings. The van der Waals surface area contributed by atoms with Gasteiger partial charge in [0.2, 0.25) is 0 Å². The van der Waals surface area contributed by atoms with E-state index in [0.29, 0.717) is 5.11 Å². The van der Waals surface area contributed by atoms with Gasteiger partial charge in [0.15, 0.2) is 10.8 Å². The van der Waals surface area contributed by atoms with Gasteiger partial charge in [-0.1, -0.05) is 37.3 Å². The van der Waals surface area contributed by atoms with Gasteiger partial charge in [-0.15, -0.1) is 0 Å². The second-order valence-corrected chi connectivity index (χ2v) is 6.80. The SMILES string of the molecule is COc1ccccc1N1C(=S)N[C@@H]2c3ccccc3O[C@]1(C)[C@@H]2C. The van der Waals surface area contributed by atoms with Crippen LogP contribution in [0.15, 0.2) is 48.5 Å². The van der Waals surface area contributed by atoms with E-state index < -0.39 is 5.72 Å². The van der Waals surface area contributed by atoms with Gasteiger partial charge < -0.3 is 14.8 Å². The van der Waals surface area contributed by atoms with Crippen LogP contribution in [0.4, 0.5) is 5.69 Å². The summed E-state index contributed by atoms with van der Waals surface area (Å²) in [5.74, 6) is 1.87. The predicted octanol–water partition coefficient (Wildman–Crippen LogP) is 3.88. The van der Waals surface area contributed by atoms with Crippen molar-refractivity contribution in [3.63, 3.8) is 0 Å². The number of nitrogens with one attached hydrogen (secondary N) is 1. The molecule has 1 saturated heterocycles. The molecule has 24 heavy (non-hydrogen) atoms. The van der Waals surface area contributed by atoms with Crippen molar-refractivity contribution < 1.29 is 9.47 Å². The Balaban J connectivity index is 1.88. The maximum atomic E-state index is 6.48. The zero-order chi connectivity index (χ0) is 16.9. The van der Waals surface area contributed by atoms with Crippen molar-refractivity contribution in [1.82, 2.24) is 5.32 Å². The third-order valence-electron chi connectivity index (χ3n) is 5.17. The number of hydrogen-bond acceptors (Lipinski definition) is 3.